The highest BCUT2D eigenvalue weighted by atomic mass is 16.7. The van der Waals surface area contributed by atoms with Crippen molar-refractivity contribution in [1.29, 1.82) is 0 Å². The van der Waals surface area contributed by atoms with Crippen molar-refractivity contribution < 1.29 is 38.4 Å². The van der Waals surface area contributed by atoms with Crippen molar-refractivity contribution in [2.24, 2.45) is 5.92 Å². The summed E-state index contributed by atoms with van der Waals surface area (Å²) in [6, 6.07) is 0. The van der Waals surface area contributed by atoms with Gasteiger partial charge in [-0.1, -0.05) is 6.58 Å². The fourth-order valence-corrected chi connectivity index (χ4v) is 3.77. The number of fused-ring (bicyclic) bond motifs is 3. The molecule has 26 heavy (non-hydrogen) atoms. The van der Waals surface area contributed by atoms with Crippen LogP contribution in [0.25, 0.3) is 0 Å². The molecule has 2 fully saturated rings. The summed E-state index contributed by atoms with van der Waals surface area (Å²) in [4.78, 5) is 35.1. The first kappa shape index (κ1) is 18.6. The van der Waals surface area contributed by atoms with E-state index in [0.29, 0.717) is 18.6 Å². The van der Waals surface area contributed by atoms with E-state index in [1.807, 2.05) is 0 Å². The van der Waals surface area contributed by atoms with Gasteiger partial charge in [-0.3, -0.25) is 9.59 Å². The number of ether oxygens (including phenoxy) is 4. The zero-order chi connectivity index (χ0) is 19.1. The van der Waals surface area contributed by atoms with Crippen LogP contribution in [0.2, 0.25) is 0 Å². The minimum Gasteiger partial charge on any atom is -0.461 e. The van der Waals surface area contributed by atoms with Crippen LogP contribution in [-0.4, -0.2) is 53.5 Å². The van der Waals surface area contributed by atoms with E-state index in [-0.39, 0.29) is 18.6 Å². The lowest BCUT2D eigenvalue weighted by molar-refractivity contribution is -0.151. The van der Waals surface area contributed by atoms with Crippen molar-refractivity contribution in [3.63, 3.8) is 0 Å². The number of epoxide rings is 1. The molecule has 3 aliphatic rings. The number of aliphatic hydroxyl groups excluding tert-OH is 1. The summed E-state index contributed by atoms with van der Waals surface area (Å²) < 4.78 is 21.8. The molecule has 1 aliphatic carbocycles. The third-order valence-corrected chi connectivity index (χ3v) is 4.99. The summed E-state index contributed by atoms with van der Waals surface area (Å²) >= 11 is 0. The van der Waals surface area contributed by atoms with Crippen LogP contribution in [0.5, 0.6) is 0 Å². The van der Waals surface area contributed by atoms with E-state index in [9.17, 15) is 19.5 Å². The Morgan fingerprint density at radius 3 is 2.73 bits per heavy atom. The summed E-state index contributed by atoms with van der Waals surface area (Å²) in [5.41, 5.74) is -0.657. The molecule has 2 aliphatic heterocycles. The molecule has 0 amide bonds. The van der Waals surface area contributed by atoms with Crippen LogP contribution in [0, 0.1) is 5.92 Å². The summed E-state index contributed by atoms with van der Waals surface area (Å²) in [5, 5.41) is 9.77. The number of esters is 3. The molecule has 1 unspecified atom stereocenters. The topological polar surface area (TPSA) is 112 Å². The Morgan fingerprint density at radius 1 is 1.38 bits per heavy atom. The maximum atomic E-state index is 12.1. The number of rotatable bonds is 3. The molecule has 1 N–H and O–H groups in total. The molecule has 8 nitrogen and oxygen atoms in total. The zero-order valence-corrected chi connectivity index (χ0v) is 14.7. The number of carbonyl (C=O) groups is 3. The molecule has 5 atom stereocenters. The van der Waals surface area contributed by atoms with Crippen molar-refractivity contribution >= 4 is 17.9 Å². The smallest absolute Gasteiger partial charge is 0.334 e. The standard InChI is InChI=1S/C18H22O8/c1-9-14-13(24-11(3)21)7-12(23-10(2)20)5-4-6-18(8-19)16(26-18)15(14)25-17(9)22/h5,13-16,19H,1,4,6-8H2,2-3H3/b12-5+/t13?,14-,15+,16+,18+/m1/s1. The second kappa shape index (κ2) is 6.85. The van der Waals surface area contributed by atoms with Crippen LogP contribution >= 0.6 is 0 Å². The Kier molecular flexibility index (Phi) is 4.90. The molecule has 0 aromatic heterocycles. The van der Waals surface area contributed by atoms with E-state index >= 15 is 0 Å². The summed E-state index contributed by atoms with van der Waals surface area (Å²) in [7, 11) is 0. The SMILES string of the molecule is C=C1C(=O)O[C@H]2[C@H]1C(OC(C)=O)C/C(OC(C)=O)=C\CC[C@@]1(CO)O[C@@H]21. The number of hydrogen-bond acceptors (Lipinski definition) is 8. The van der Waals surface area contributed by atoms with Gasteiger partial charge in [0.05, 0.1) is 12.5 Å². The van der Waals surface area contributed by atoms with E-state index < -0.39 is 47.7 Å². The highest BCUT2D eigenvalue weighted by Crippen LogP contribution is 2.50. The van der Waals surface area contributed by atoms with Gasteiger partial charge in [0.25, 0.3) is 0 Å². The normalized spacial score (nSPS) is 38.2. The van der Waals surface area contributed by atoms with Crippen LogP contribution in [0.3, 0.4) is 0 Å². The van der Waals surface area contributed by atoms with E-state index in [1.54, 1.807) is 6.08 Å². The highest BCUT2D eigenvalue weighted by molar-refractivity contribution is 5.91. The molecule has 8 heteroatoms. The average Bonchev–Trinajstić information content (AvgIpc) is 3.19. The Balaban J connectivity index is 1.98. The first-order valence-electron chi connectivity index (χ1n) is 8.50. The first-order chi connectivity index (χ1) is 12.3. The predicted octanol–water partition coefficient (Wildman–Crippen LogP) is 0.777. The van der Waals surface area contributed by atoms with Gasteiger partial charge in [0.1, 0.15) is 29.7 Å². The van der Waals surface area contributed by atoms with Crippen molar-refractivity contribution in [3.05, 3.63) is 24.0 Å². The zero-order valence-electron chi connectivity index (χ0n) is 14.7. The van der Waals surface area contributed by atoms with Gasteiger partial charge >= 0.3 is 17.9 Å². The Bertz CT molecular complexity index is 681. The van der Waals surface area contributed by atoms with Crippen molar-refractivity contribution in [3.8, 4) is 0 Å². The maximum absolute atomic E-state index is 12.1. The Hall–Kier alpha value is -2.19. The summed E-state index contributed by atoms with van der Waals surface area (Å²) in [5.74, 6) is -1.94. The van der Waals surface area contributed by atoms with Gasteiger partial charge in [-0.25, -0.2) is 4.79 Å². The van der Waals surface area contributed by atoms with Crippen LogP contribution in [0.4, 0.5) is 0 Å². The predicted molar refractivity (Wildman–Crippen MR) is 86.5 cm³/mol. The van der Waals surface area contributed by atoms with Crippen molar-refractivity contribution in [2.75, 3.05) is 6.61 Å². The molecule has 0 aromatic rings. The lowest BCUT2D eigenvalue weighted by Crippen LogP contribution is -2.39. The van der Waals surface area contributed by atoms with Crippen molar-refractivity contribution in [1.82, 2.24) is 0 Å². The minimum absolute atomic E-state index is 0.106. The fraction of sp³-hybridized carbons (Fsp3) is 0.611. The fourth-order valence-electron chi connectivity index (χ4n) is 3.77. The van der Waals surface area contributed by atoms with E-state index in [1.165, 1.54) is 13.8 Å². The second-order valence-corrected chi connectivity index (χ2v) is 6.84. The lowest BCUT2D eigenvalue weighted by Gasteiger charge is -2.28. The molecule has 0 saturated carbocycles. The molecule has 2 heterocycles. The minimum atomic E-state index is -0.830. The molecule has 2 saturated heterocycles. The molecule has 3 rings (SSSR count). The Morgan fingerprint density at radius 2 is 2.12 bits per heavy atom. The monoisotopic (exact) mass is 366 g/mol. The van der Waals surface area contributed by atoms with Crippen molar-refractivity contribution in [2.45, 2.75) is 57.0 Å². The molecular formula is C18H22O8. The van der Waals surface area contributed by atoms with Gasteiger partial charge in [-0.15, -0.1) is 0 Å². The van der Waals surface area contributed by atoms with Gasteiger partial charge < -0.3 is 24.1 Å². The number of aliphatic hydroxyl groups is 1. The number of carbonyl (C=O) groups excluding carboxylic acids is 3. The third-order valence-electron chi connectivity index (χ3n) is 4.99. The molecule has 0 spiro atoms. The number of hydrogen-bond donors (Lipinski definition) is 1. The largest absolute Gasteiger partial charge is 0.461 e. The average molecular weight is 366 g/mol. The second-order valence-electron chi connectivity index (χ2n) is 6.84. The summed E-state index contributed by atoms with van der Waals surface area (Å²) in [6.07, 6.45) is 0.763. The first-order valence-corrected chi connectivity index (χ1v) is 8.50. The third kappa shape index (κ3) is 3.39. The van der Waals surface area contributed by atoms with E-state index in [4.69, 9.17) is 18.9 Å². The van der Waals surface area contributed by atoms with E-state index in [0.717, 1.165) is 0 Å². The van der Waals surface area contributed by atoms with Crippen LogP contribution in [-0.2, 0) is 33.3 Å². The van der Waals surface area contributed by atoms with E-state index in [2.05, 4.69) is 6.58 Å². The van der Waals surface area contributed by atoms with Crippen LogP contribution in [0.1, 0.15) is 33.1 Å². The number of allylic oxidation sites excluding steroid dienone is 1. The van der Waals surface area contributed by atoms with Gasteiger partial charge in [0, 0.05) is 25.8 Å². The summed E-state index contributed by atoms with van der Waals surface area (Å²) in [6.45, 7) is 6.08. The van der Waals surface area contributed by atoms with Gasteiger partial charge in [-0.2, -0.15) is 0 Å². The van der Waals surface area contributed by atoms with Crippen LogP contribution < -0.4 is 0 Å². The van der Waals surface area contributed by atoms with Gasteiger partial charge in [0.15, 0.2) is 0 Å². The molecule has 0 aromatic carbocycles. The highest BCUT2D eigenvalue weighted by Gasteiger charge is 2.65. The molecular weight excluding hydrogens is 344 g/mol. The molecule has 0 radical (unpaired) electrons. The van der Waals surface area contributed by atoms with Gasteiger partial charge in [-0.05, 0) is 18.9 Å². The van der Waals surface area contributed by atoms with Crippen LogP contribution in [0.15, 0.2) is 24.0 Å². The lowest BCUT2D eigenvalue weighted by atomic mass is 9.82. The molecule has 0 bridgehead atoms. The Labute approximate surface area is 150 Å². The van der Waals surface area contributed by atoms with Gasteiger partial charge in [0.2, 0.25) is 0 Å². The maximum Gasteiger partial charge on any atom is 0.334 e. The molecule has 142 valence electrons. The quantitative estimate of drug-likeness (QED) is 0.337.